The second kappa shape index (κ2) is 5.01. The molecule has 0 aliphatic heterocycles. The fourth-order valence-corrected chi connectivity index (χ4v) is 1.67. The first-order valence-electron chi connectivity index (χ1n) is 5.76. The Kier molecular flexibility index (Phi) is 3.44. The van der Waals surface area contributed by atoms with E-state index in [0.29, 0.717) is 11.7 Å². The molecular formula is C13H17NO2. The number of nitrogens with one attached hydrogen (secondary N) is 1. The molecule has 2 rings (SSSR count). The normalized spacial score (nSPS) is 15.3. The third-order valence-electron chi connectivity index (χ3n) is 2.99. The molecule has 0 unspecified atom stereocenters. The summed E-state index contributed by atoms with van der Waals surface area (Å²) in [6.07, 6.45) is 3.39. The molecule has 1 N–H and O–H groups in total. The van der Waals surface area contributed by atoms with Gasteiger partial charge in [-0.15, -0.1) is 0 Å². The van der Waals surface area contributed by atoms with Crippen LogP contribution in [0.15, 0.2) is 24.3 Å². The van der Waals surface area contributed by atoms with Crippen LogP contribution in [0, 0.1) is 12.8 Å². The molecule has 0 spiro atoms. The van der Waals surface area contributed by atoms with Gasteiger partial charge in [0.05, 0.1) is 0 Å². The lowest BCUT2D eigenvalue weighted by Gasteiger charge is -2.25. The lowest BCUT2D eigenvalue weighted by molar-refractivity contribution is 0.193. The second-order valence-corrected chi connectivity index (χ2v) is 4.38. The van der Waals surface area contributed by atoms with E-state index in [1.807, 2.05) is 19.1 Å². The maximum absolute atomic E-state index is 11.4. The van der Waals surface area contributed by atoms with Crippen molar-refractivity contribution in [3.8, 4) is 5.75 Å². The van der Waals surface area contributed by atoms with Crippen LogP contribution >= 0.6 is 0 Å². The van der Waals surface area contributed by atoms with Crippen LogP contribution < -0.4 is 10.1 Å². The number of rotatable bonds is 3. The highest BCUT2D eigenvalue weighted by molar-refractivity contribution is 5.70. The molecule has 1 amide bonds. The molecule has 0 saturated heterocycles. The summed E-state index contributed by atoms with van der Waals surface area (Å²) >= 11 is 0. The number of aryl methyl sites for hydroxylation is 1. The third kappa shape index (κ3) is 2.99. The van der Waals surface area contributed by atoms with Crippen molar-refractivity contribution in [2.75, 3.05) is 6.54 Å². The number of carbonyl (C=O) groups is 1. The molecule has 1 aliphatic rings. The fourth-order valence-electron chi connectivity index (χ4n) is 1.67. The number of carbonyl (C=O) groups excluding carboxylic acids is 1. The maximum atomic E-state index is 11.4. The number of amides is 1. The van der Waals surface area contributed by atoms with E-state index in [2.05, 4.69) is 5.32 Å². The zero-order valence-electron chi connectivity index (χ0n) is 9.53. The largest absolute Gasteiger partial charge is 0.412 e. The first kappa shape index (κ1) is 11.0. The molecule has 0 atom stereocenters. The highest BCUT2D eigenvalue weighted by atomic mass is 16.5. The first-order valence-corrected chi connectivity index (χ1v) is 5.76. The van der Waals surface area contributed by atoms with Crippen LogP contribution in [-0.4, -0.2) is 12.6 Å². The molecule has 0 radical (unpaired) electrons. The molecule has 1 saturated carbocycles. The van der Waals surface area contributed by atoms with Gasteiger partial charge in [0.2, 0.25) is 0 Å². The van der Waals surface area contributed by atoms with Crippen LogP contribution in [0.2, 0.25) is 0 Å². The Bertz CT molecular complexity index is 355. The van der Waals surface area contributed by atoms with Gasteiger partial charge in [0, 0.05) is 6.54 Å². The summed E-state index contributed by atoms with van der Waals surface area (Å²) in [5, 5.41) is 2.79. The van der Waals surface area contributed by atoms with E-state index >= 15 is 0 Å². The van der Waals surface area contributed by atoms with Crippen molar-refractivity contribution in [2.24, 2.45) is 5.92 Å². The molecule has 1 aromatic carbocycles. The van der Waals surface area contributed by atoms with Crippen molar-refractivity contribution in [3.05, 3.63) is 29.8 Å². The second-order valence-electron chi connectivity index (χ2n) is 4.38. The molecule has 0 aromatic heterocycles. The minimum atomic E-state index is -0.351. The average Bonchev–Trinajstić information content (AvgIpc) is 2.19. The summed E-state index contributed by atoms with van der Waals surface area (Å²) in [4.78, 5) is 11.4. The van der Waals surface area contributed by atoms with Gasteiger partial charge in [-0.1, -0.05) is 24.1 Å². The Morgan fingerprint density at radius 2 is 2.06 bits per heavy atom. The van der Waals surface area contributed by atoms with Gasteiger partial charge in [0.1, 0.15) is 5.75 Å². The summed E-state index contributed by atoms with van der Waals surface area (Å²) in [5.74, 6) is 1.25. The van der Waals surface area contributed by atoms with Crippen molar-refractivity contribution >= 4 is 6.09 Å². The van der Waals surface area contributed by atoms with E-state index in [9.17, 15) is 4.79 Å². The van der Waals surface area contributed by atoms with Crippen LogP contribution in [0.25, 0.3) is 0 Å². The van der Waals surface area contributed by atoms with Crippen molar-refractivity contribution < 1.29 is 9.53 Å². The van der Waals surface area contributed by atoms with Crippen molar-refractivity contribution in [2.45, 2.75) is 26.2 Å². The standard InChI is InChI=1S/C13H17NO2/c1-10-5-7-12(8-6-10)16-13(15)14-9-11-3-2-4-11/h5-8,11H,2-4,9H2,1H3,(H,14,15). The van der Waals surface area contributed by atoms with Crippen LogP contribution in [-0.2, 0) is 0 Å². The van der Waals surface area contributed by atoms with Gasteiger partial charge in [-0.3, -0.25) is 0 Å². The third-order valence-corrected chi connectivity index (χ3v) is 2.99. The average molecular weight is 219 g/mol. The van der Waals surface area contributed by atoms with Gasteiger partial charge in [-0.05, 0) is 37.8 Å². The van der Waals surface area contributed by atoms with Gasteiger partial charge >= 0.3 is 6.09 Å². The van der Waals surface area contributed by atoms with E-state index in [1.165, 1.54) is 19.3 Å². The number of benzene rings is 1. The highest BCUT2D eigenvalue weighted by Gasteiger charge is 2.18. The van der Waals surface area contributed by atoms with Crippen molar-refractivity contribution in [1.82, 2.24) is 5.32 Å². The summed E-state index contributed by atoms with van der Waals surface area (Å²) in [6.45, 7) is 2.74. The van der Waals surface area contributed by atoms with Crippen molar-refractivity contribution in [1.29, 1.82) is 0 Å². The Labute approximate surface area is 95.8 Å². The van der Waals surface area contributed by atoms with Gasteiger partial charge in [-0.25, -0.2) is 4.79 Å². The first-order chi connectivity index (χ1) is 7.74. The SMILES string of the molecule is Cc1ccc(OC(=O)NCC2CCC2)cc1. The highest BCUT2D eigenvalue weighted by Crippen LogP contribution is 2.25. The molecule has 1 aliphatic carbocycles. The number of hydrogen-bond donors (Lipinski definition) is 1. The van der Waals surface area contributed by atoms with Gasteiger partial charge < -0.3 is 10.1 Å². The number of hydrogen-bond acceptors (Lipinski definition) is 2. The van der Waals surface area contributed by atoms with Gasteiger partial charge in [-0.2, -0.15) is 0 Å². The van der Waals surface area contributed by atoms with Gasteiger partial charge in [0.15, 0.2) is 0 Å². The van der Waals surface area contributed by atoms with Crippen LogP contribution in [0.4, 0.5) is 4.79 Å². The summed E-state index contributed by atoms with van der Waals surface area (Å²) in [6, 6.07) is 7.46. The van der Waals surface area contributed by atoms with E-state index in [-0.39, 0.29) is 6.09 Å². The number of ether oxygens (including phenoxy) is 1. The summed E-state index contributed by atoms with van der Waals surface area (Å²) in [7, 11) is 0. The minimum Gasteiger partial charge on any atom is -0.410 e. The lowest BCUT2D eigenvalue weighted by atomic mass is 9.85. The molecule has 0 bridgehead atoms. The summed E-state index contributed by atoms with van der Waals surface area (Å²) < 4.78 is 5.14. The van der Waals surface area contributed by atoms with Gasteiger partial charge in [0.25, 0.3) is 0 Å². The van der Waals surface area contributed by atoms with Crippen LogP contribution in [0.1, 0.15) is 24.8 Å². The quantitative estimate of drug-likeness (QED) is 0.848. The Balaban J connectivity index is 1.75. The lowest BCUT2D eigenvalue weighted by Crippen LogP contribution is -2.34. The van der Waals surface area contributed by atoms with E-state index in [1.54, 1.807) is 12.1 Å². The topological polar surface area (TPSA) is 38.3 Å². The molecule has 16 heavy (non-hydrogen) atoms. The van der Waals surface area contributed by atoms with E-state index in [0.717, 1.165) is 12.1 Å². The van der Waals surface area contributed by atoms with E-state index in [4.69, 9.17) is 4.74 Å². The molecule has 3 nitrogen and oxygen atoms in total. The Hall–Kier alpha value is -1.51. The maximum Gasteiger partial charge on any atom is 0.412 e. The summed E-state index contributed by atoms with van der Waals surface area (Å²) in [5.41, 5.74) is 1.15. The Morgan fingerprint density at radius 3 is 2.62 bits per heavy atom. The van der Waals surface area contributed by atoms with E-state index < -0.39 is 0 Å². The minimum absolute atomic E-state index is 0.351. The Morgan fingerprint density at radius 1 is 1.38 bits per heavy atom. The molecule has 1 aromatic rings. The molecular weight excluding hydrogens is 202 g/mol. The monoisotopic (exact) mass is 219 g/mol. The zero-order chi connectivity index (χ0) is 11.4. The molecule has 1 fully saturated rings. The smallest absolute Gasteiger partial charge is 0.410 e. The van der Waals surface area contributed by atoms with Crippen LogP contribution in [0.5, 0.6) is 5.75 Å². The fraction of sp³-hybridized carbons (Fsp3) is 0.462. The molecule has 3 heteroatoms. The zero-order valence-corrected chi connectivity index (χ0v) is 9.53. The molecule has 86 valence electrons. The predicted octanol–water partition coefficient (Wildman–Crippen LogP) is 2.88. The predicted molar refractivity (Wildman–Crippen MR) is 62.5 cm³/mol. The molecule has 0 heterocycles. The van der Waals surface area contributed by atoms with Crippen molar-refractivity contribution in [3.63, 3.8) is 0 Å². The van der Waals surface area contributed by atoms with Crippen LogP contribution in [0.3, 0.4) is 0 Å².